The summed E-state index contributed by atoms with van der Waals surface area (Å²) in [4.78, 5) is 22.0. The van der Waals surface area contributed by atoms with E-state index in [0.29, 0.717) is 4.77 Å². The molecular weight excluding hydrogens is 242 g/mol. The fraction of sp³-hybridized carbons (Fsp3) is 0.400. The Morgan fingerprint density at radius 2 is 2.25 bits per heavy atom. The summed E-state index contributed by atoms with van der Waals surface area (Å²) in [6, 6.07) is 0. The minimum Gasteiger partial charge on any atom is -0.323 e. The van der Waals surface area contributed by atoms with Gasteiger partial charge in [0, 0.05) is 18.0 Å². The Morgan fingerprint density at radius 1 is 1.44 bits per heavy atom. The van der Waals surface area contributed by atoms with Gasteiger partial charge in [0.15, 0.2) is 4.77 Å². The molecule has 0 amide bonds. The molecule has 0 saturated heterocycles. The number of rotatable bonds is 0. The van der Waals surface area contributed by atoms with Gasteiger partial charge in [0.2, 0.25) is 0 Å². The van der Waals surface area contributed by atoms with Gasteiger partial charge in [0.1, 0.15) is 4.83 Å². The lowest BCUT2D eigenvalue weighted by molar-refractivity contribution is 0.318. The maximum absolute atomic E-state index is 11.9. The van der Waals surface area contributed by atoms with Crippen LogP contribution in [0.2, 0.25) is 0 Å². The Morgan fingerprint density at radius 3 is 3.06 bits per heavy atom. The SMILES string of the molecule is CN1CCc2c(sc3[nH]c(=S)[nH]c(=O)c23)C1. The summed E-state index contributed by atoms with van der Waals surface area (Å²) in [5.74, 6) is 0. The molecular formula is C10H11N3OS2. The Bertz CT molecular complexity index is 667. The number of hydrogen-bond donors (Lipinski definition) is 2. The van der Waals surface area contributed by atoms with Gasteiger partial charge in [0.05, 0.1) is 5.39 Å². The van der Waals surface area contributed by atoms with E-state index in [4.69, 9.17) is 12.2 Å². The Labute approximate surface area is 101 Å². The highest BCUT2D eigenvalue weighted by Gasteiger charge is 2.20. The van der Waals surface area contributed by atoms with Crippen LogP contribution in [-0.2, 0) is 13.0 Å². The summed E-state index contributed by atoms with van der Waals surface area (Å²) in [7, 11) is 2.10. The van der Waals surface area contributed by atoms with E-state index >= 15 is 0 Å². The van der Waals surface area contributed by atoms with Crippen LogP contribution in [0.3, 0.4) is 0 Å². The molecule has 0 saturated carbocycles. The second-order valence-electron chi connectivity index (χ2n) is 4.10. The fourth-order valence-electron chi connectivity index (χ4n) is 2.16. The van der Waals surface area contributed by atoms with Crippen LogP contribution in [0, 0.1) is 4.77 Å². The summed E-state index contributed by atoms with van der Waals surface area (Å²) in [6.45, 7) is 1.93. The molecule has 0 aliphatic carbocycles. The third-order valence-corrected chi connectivity index (χ3v) is 4.27. The van der Waals surface area contributed by atoms with Crippen molar-refractivity contribution in [2.75, 3.05) is 13.6 Å². The van der Waals surface area contributed by atoms with E-state index in [-0.39, 0.29) is 5.56 Å². The van der Waals surface area contributed by atoms with Gasteiger partial charge < -0.3 is 9.88 Å². The van der Waals surface area contributed by atoms with Gasteiger partial charge in [-0.2, -0.15) is 0 Å². The molecule has 0 unspecified atom stereocenters. The molecule has 84 valence electrons. The van der Waals surface area contributed by atoms with Crippen molar-refractivity contribution in [2.45, 2.75) is 13.0 Å². The lowest BCUT2D eigenvalue weighted by Gasteiger charge is -2.21. The van der Waals surface area contributed by atoms with Crippen LogP contribution in [-0.4, -0.2) is 28.5 Å². The smallest absolute Gasteiger partial charge is 0.260 e. The summed E-state index contributed by atoms with van der Waals surface area (Å²) < 4.78 is 0.407. The Balaban J connectivity index is 2.38. The molecule has 0 aromatic carbocycles. The minimum atomic E-state index is -0.0548. The quantitative estimate of drug-likeness (QED) is 0.702. The maximum atomic E-state index is 11.9. The van der Waals surface area contributed by atoms with E-state index in [9.17, 15) is 4.79 Å². The third-order valence-electron chi connectivity index (χ3n) is 2.93. The van der Waals surface area contributed by atoms with Crippen molar-refractivity contribution in [1.29, 1.82) is 0 Å². The average Bonchev–Trinajstić information content (AvgIpc) is 2.54. The predicted molar refractivity (Wildman–Crippen MR) is 67.7 cm³/mol. The number of aromatic nitrogens is 2. The van der Waals surface area contributed by atoms with Crippen molar-refractivity contribution in [1.82, 2.24) is 14.9 Å². The Kier molecular flexibility index (Phi) is 2.24. The molecule has 2 aromatic heterocycles. The van der Waals surface area contributed by atoms with Crippen LogP contribution in [0.1, 0.15) is 10.4 Å². The normalized spacial score (nSPS) is 16.6. The summed E-state index contributed by atoms with van der Waals surface area (Å²) in [5, 5.41) is 0.807. The molecule has 1 aliphatic rings. The zero-order valence-corrected chi connectivity index (χ0v) is 10.4. The highest BCUT2D eigenvalue weighted by molar-refractivity contribution is 7.71. The van der Waals surface area contributed by atoms with Crippen molar-refractivity contribution >= 4 is 33.8 Å². The van der Waals surface area contributed by atoms with Gasteiger partial charge in [-0.3, -0.25) is 9.78 Å². The molecule has 0 bridgehead atoms. The van der Waals surface area contributed by atoms with E-state index in [1.54, 1.807) is 11.3 Å². The van der Waals surface area contributed by atoms with Crippen molar-refractivity contribution < 1.29 is 0 Å². The molecule has 3 heterocycles. The van der Waals surface area contributed by atoms with Crippen LogP contribution < -0.4 is 5.56 Å². The van der Waals surface area contributed by atoms with E-state index in [1.807, 2.05) is 0 Å². The zero-order chi connectivity index (χ0) is 11.3. The second kappa shape index (κ2) is 3.51. The van der Waals surface area contributed by atoms with Crippen molar-refractivity contribution in [3.8, 4) is 0 Å². The van der Waals surface area contributed by atoms with Crippen molar-refractivity contribution in [2.24, 2.45) is 0 Å². The van der Waals surface area contributed by atoms with Gasteiger partial charge in [-0.15, -0.1) is 11.3 Å². The van der Waals surface area contributed by atoms with Gasteiger partial charge in [-0.1, -0.05) is 0 Å². The molecule has 2 N–H and O–H groups in total. The number of fused-ring (bicyclic) bond motifs is 3. The number of thiophene rings is 1. The number of likely N-dealkylation sites (N-methyl/N-ethyl adjacent to an activating group) is 1. The summed E-state index contributed by atoms with van der Waals surface area (Å²) >= 11 is 6.62. The van der Waals surface area contributed by atoms with Gasteiger partial charge >= 0.3 is 0 Å². The first kappa shape index (κ1) is 10.2. The zero-order valence-electron chi connectivity index (χ0n) is 8.79. The standard InChI is InChI=1S/C10H11N3OS2/c1-13-3-2-5-6(4-13)16-9-7(5)8(14)11-10(15)12-9/h2-4H2,1H3,(H2,11,12,14,15). The van der Waals surface area contributed by atoms with Gasteiger partial charge in [-0.05, 0) is 31.2 Å². The van der Waals surface area contributed by atoms with Crippen LogP contribution in [0.25, 0.3) is 10.2 Å². The molecule has 3 rings (SSSR count). The molecule has 0 radical (unpaired) electrons. The highest BCUT2D eigenvalue weighted by Crippen LogP contribution is 2.31. The number of aromatic amines is 2. The first-order valence-electron chi connectivity index (χ1n) is 5.10. The lowest BCUT2D eigenvalue weighted by Crippen LogP contribution is -2.25. The first-order valence-corrected chi connectivity index (χ1v) is 6.33. The van der Waals surface area contributed by atoms with Crippen molar-refractivity contribution in [3.05, 3.63) is 25.6 Å². The van der Waals surface area contributed by atoms with Gasteiger partial charge in [-0.25, -0.2) is 0 Å². The second-order valence-corrected chi connectivity index (χ2v) is 5.62. The average molecular weight is 253 g/mol. The van der Waals surface area contributed by atoms with E-state index < -0.39 is 0 Å². The number of hydrogen-bond acceptors (Lipinski definition) is 4. The van der Waals surface area contributed by atoms with Crippen LogP contribution in [0.4, 0.5) is 0 Å². The predicted octanol–water partition coefficient (Wildman–Crippen LogP) is 1.64. The maximum Gasteiger partial charge on any atom is 0.260 e. The molecule has 0 atom stereocenters. The minimum absolute atomic E-state index is 0.0548. The number of nitrogens with one attached hydrogen (secondary N) is 2. The topological polar surface area (TPSA) is 51.9 Å². The molecule has 16 heavy (non-hydrogen) atoms. The molecule has 0 fully saturated rings. The fourth-order valence-corrected chi connectivity index (χ4v) is 3.75. The van der Waals surface area contributed by atoms with Crippen molar-refractivity contribution in [3.63, 3.8) is 0 Å². The van der Waals surface area contributed by atoms with E-state index in [0.717, 1.165) is 29.7 Å². The first-order chi connectivity index (χ1) is 7.65. The Hall–Kier alpha value is -0.980. The third kappa shape index (κ3) is 1.45. The van der Waals surface area contributed by atoms with Crippen LogP contribution >= 0.6 is 23.6 Å². The van der Waals surface area contributed by atoms with Crippen LogP contribution in [0.15, 0.2) is 4.79 Å². The van der Waals surface area contributed by atoms with Gasteiger partial charge in [0.25, 0.3) is 5.56 Å². The molecule has 2 aromatic rings. The summed E-state index contributed by atoms with van der Waals surface area (Å²) in [5.41, 5.74) is 1.14. The highest BCUT2D eigenvalue weighted by atomic mass is 32.1. The molecule has 1 aliphatic heterocycles. The van der Waals surface area contributed by atoms with E-state index in [2.05, 4.69) is 21.9 Å². The lowest BCUT2D eigenvalue weighted by atomic mass is 10.1. The molecule has 6 heteroatoms. The monoisotopic (exact) mass is 253 g/mol. The van der Waals surface area contributed by atoms with E-state index in [1.165, 1.54) is 10.4 Å². The number of nitrogens with zero attached hydrogens (tertiary/aromatic N) is 1. The summed E-state index contributed by atoms with van der Waals surface area (Å²) in [6.07, 6.45) is 0.944. The molecule has 0 spiro atoms. The molecule has 4 nitrogen and oxygen atoms in total. The number of H-pyrrole nitrogens is 2. The van der Waals surface area contributed by atoms with Crippen LogP contribution in [0.5, 0.6) is 0 Å². The largest absolute Gasteiger partial charge is 0.323 e.